The summed E-state index contributed by atoms with van der Waals surface area (Å²) in [6.07, 6.45) is 2.36. The monoisotopic (exact) mass is 482 g/mol. The van der Waals surface area contributed by atoms with Gasteiger partial charge >= 0.3 is 0 Å². The number of ether oxygens (including phenoxy) is 2. The number of aliphatic imine (C=N–C) groups is 1. The molecule has 1 saturated heterocycles. The van der Waals surface area contributed by atoms with Crippen LogP contribution in [-0.2, 0) is 15.1 Å². The number of nitrogens with two attached hydrogens (primary N) is 1. The number of amidine groups is 1. The highest BCUT2D eigenvalue weighted by atomic mass is 32.2. The summed E-state index contributed by atoms with van der Waals surface area (Å²) in [5.74, 6) is 1.37. The topological polar surface area (TPSA) is 89.2 Å². The van der Waals surface area contributed by atoms with Crippen LogP contribution in [0.15, 0.2) is 53.5 Å². The average molecular weight is 483 g/mol. The van der Waals surface area contributed by atoms with Crippen LogP contribution in [-0.4, -0.2) is 48.7 Å². The second kappa shape index (κ2) is 10.7. The Morgan fingerprint density at radius 1 is 1.29 bits per heavy atom. The summed E-state index contributed by atoms with van der Waals surface area (Å²) in [5, 5.41) is 3.52. The SMILES string of the molecule is CCC1CN(c2ccc(NC(=O)COc3cccc(C4(C)CCSC(N)=N4)c3)cc2)CC(C)O1. The van der Waals surface area contributed by atoms with E-state index < -0.39 is 0 Å². The number of morpholine rings is 1. The van der Waals surface area contributed by atoms with Crippen molar-refractivity contribution in [2.75, 3.05) is 35.7 Å². The van der Waals surface area contributed by atoms with Crippen LogP contribution in [0.2, 0.25) is 0 Å². The van der Waals surface area contributed by atoms with E-state index in [0.29, 0.717) is 10.9 Å². The molecular weight excluding hydrogens is 448 g/mol. The number of carbonyl (C=O) groups excluding carboxylic acids is 1. The minimum atomic E-state index is -0.367. The van der Waals surface area contributed by atoms with Gasteiger partial charge in [-0.05, 0) is 68.7 Å². The van der Waals surface area contributed by atoms with Crippen molar-refractivity contribution in [1.82, 2.24) is 0 Å². The molecule has 8 heteroatoms. The molecule has 0 radical (unpaired) electrons. The quantitative estimate of drug-likeness (QED) is 0.609. The second-order valence-electron chi connectivity index (χ2n) is 9.12. The van der Waals surface area contributed by atoms with Crippen molar-refractivity contribution in [3.63, 3.8) is 0 Å². The summed E-state index contributed by atoms with van der Waals surface area (Å²) in [5.41, 5.74) is 8.50. The molecule has 4 rings (SSSR count). The van der Waals surface area contributed by atoms with Gasteiger partial charge in [0.1, 0.15) is 5.75 Å². The summed E-state index contributed by atoms with van der Waals surface area (Å²) in [6.45, 7) is 8.02. The van der Waals surface area contributed by atoms with Gasteiger partial charge in [-0.3, -0.25) is 9.79 Å². The van der Waals surface area contributed by atoms with E-state index in [0.717, 1.165) is 48.6 Å². The first-order valence-corrected chi connectivity index (χ1v) is 12.8. The summed E-state index contributed by atoms with van der Waals surface area (Å²) < 4.78 is 11.7. The highest BCUT2D eigenvalue weighted by Gasteiger charge is 2.29. The van der Waals surface area contributed by atoms with Gasteiger partial charge in [0.25, 0.3) is 5.91 Å². The van der Waals surface area contributed by atoms with E-state index >= 15 is 0 Å². The molecule has 182 valence electrons. The first-order chi connectivity index (χ1) is 16.3. The zero-order valence-corrected chi connectivity index (χ0v) is 20.9. The Hall–Kier alpha value is -2.71. The summed E-state index contributed by atoms with van der Waals surface area (Å²) in [4.78, 5) is 19.5. The van der Waals surface area contributed by atoms with Crippen LogP contribution in [0.3, 0.4) is 0 Å². The predicted molar refractivity (Wildman–Crippen MR) is 140 cm³/mol. The Morgan fingerprint density at radius 2 is 2.09 bits per heavy atom. The Bertz CT molecular complexity index is 1030. The molecule has 2 aromatic rings. The standard InChI is InChI=1S/C26H34N4O3S/c1-4-22-16-30(15-18(2)33-22)21-10-8-20(9-11-21)28-24(31)17-32-23-7-5-6-19(14-23)26(3)12-13-34-25(27)29-26/h5-11,14,18,22H,4,12-13,15-17H2,1-3H3,(H2,27,29)(H,28,31). The van der Waals surface area contributed by atoms with E-state index in [-0.39, 0.29) is 30.3 Å². The van der Waals surface area contributed by atoms with Gasteiger partial charge in [-0.1, -0.05) is 30.8 Å². The molecule has 1 fully saturated rings. The van der Waals surface area contributed by atoms with Crippen LogP contribution in [0, 0.1) is 0 Å². The smallest absolute Gasteiger partial charge is 0.262 e. The molecule has 34 heavy (non-hydrogen) atoms. The van der Waals surface area contributed by atoms with Gasteiger partial charge in [-0.15, -0.1) is 0 Å². The summed E-state index contributed by atoms with van der Waals surface area (Å²) in [7, 11) is 0. The molecule has 2 aliphatic heterocycles. The molecule has 3 atom stereocenters. The van der Waals surface area contributed by atoms with Crippen LogP contribution in [0.5, 0.6) is 5.75 Å². The normalized spacial score (nSPS) is 24.9. The van der Waals surface area contributed by atoms with Crippen molar-refractivity contribution in [3.8, 4) is 5.75 Å². The Labute approximate surface area is 206 Å². The molecule has 0 aliphatic carbocycles. The van der Waals surface area contributed by atoms with E-state index in [1.807, 2.05) is 48.5 Å². The number of benzene rings is 2. The molecule has 0 saturated carbocycles. The van der Waals surface area contributed by atoms with Crippen molar-refractivity contribution in [1.29, 1.82) is 0 Å². The van der Waals surface area contributed by atoms with Crippen LogP contribution >= 0.6 is 11.8 Å². The number of nitrogens with one attached hydrogen (secondary N) is 1. The highest BCUT2D eigenvalue weighted by molar-refractivity contribution is 8.13. The average Bonchev–Trinajstić information content (AvgIpc) is 2.83. The number of thioether (sulfide) groups is 1. The van der Waals surface area contributed by atoms with Crippen LogP contribution in [0.25, 0.3) is 0 Å². The van der Waals surface area contributed by atoms with Crippen molar-refractivity contribution < 1.29 is 14.3 Å². The van der Waals surface area contributed by atoms with Crippen molar-refractivity contribution in [3.05, 3.63) is 54.1 Å². The minimum Gasteiger partial charge on any atom is -0.484 e. The fraction of sp³-hybridized carbons (Fsp3) is 0.462. The Kier molecular flexibility index (Phi) is 7.68. The predicted octanol–water partition coefficient (Wildman–Crippen LogP) is 4.37. The van der Waals surface area contributed by atoms with Gasteiger partial charge in [0.05, 0.1) is 17.7 Å². The third-order valence-electron chi connectivity index (χ3n) is 6.32. The molecule has 1 amide bonds. The van der Waals surface area contributed by atoms with E-state index in [1.165, 1.54) is 0 Å². The number of hydrogen-bond donors (Lipinski definition) is 2. The number of rotatable bonds is 7. The lowest BCUT2D eigenvalue weighted by molar-refractivity contribution is -0.118. The van der Waals surface area contributed by atoms with Crippen LogP contribution < -0.4 is 20.7 Å². The lowest BCUT2D eigenvalue weighted by Gasteiger charge is -2.38. The van der Waals surface area contributed by atoms with Crippen molar-refractivity contribution in [2.24, 2.45) is 10.7 Å². The molecule has 3 N–H and O–H groups in total. The maximum atomic E-state index is 12.5. The van der Waals surface area contributed by atoms with Crippen LogP contribution in [0.1, 0.15) is 39.2 Å². The molecule has 0 aromatic heterocycles. The molecular formula is C26H34N4O3S. The molecule has 7 nitrogen and oxygen atoms in total. The van der Waals surface area contributed by atoms with E-state index in [2.05, 4.69) is 36.0 Å². The fourth-order valence-electron chi connectivity index (χ4n) is 4.40. The maximum Gasteiger partial charge on any atom is 0.262 e. The lowest BCUT2D eigenvalue weighted by atomic mass is 9.90. The molecule has 3 unspecified atom stereocenters. The molecule has 2 heterocycles. The first kappa shape index (κ1) is 24.4. The number of carbonyl (C=O) groups is 1. The fourth-order valence-corrected chi connectivity index (χ4v) is 5.37. The Balaban J connectivity index is 1.32. The first-order valence-electron chi connectivity index (χ1n) is 11.9. The highest BCUT2D eigenvalue weighted by Crippen LogP contribution is 2.36. The number of nitrogens with zero attached hydrogens (tertiary/aromatic N) is 2. The zero-order valence-electron chi connectivity index (χ0n) is 20.1. The van der Waals surface area contributed by atoms with Gasteiger partial charge in [0.2, 0.25) is 0 Å². The number of amides is 1. The third-order valence-corrected chi connectivity index (χ3v) is 7.11. The van der Waals surface area contributed by atoms with E-state index in [9.17, 15) is 4.79 Å². The van der Waals surface area contributed by atoms with Gasteiger partial charge in [0, 0.05) is 30.2 Å². The maximum absolute atomic E-state index is 12.5. The van der Waals surface area contributed by atoms with Crippen molar-refractivity contribution >= 4 is 34.2 Å². The second-order valence-corrected chi connectivity index (χ2v) is 10.2. The minimum absolute atomic E-state index is 0.0671. The molecule has 0 spiro atoms. The summed E-state index contributed by atoms with van der Waals surface area (Å²) in [6, 6.07) is 15.7. The van der Waals surface area contributed by atoms with Gasteiger partial charge in [-0.25, -0.2) is 0 Å². The third kappa shape index (κ3) is 6.04. The molecule has 2 aliphatic rings. The van der Waals surface area contributed by atoms with E-state index in [1.54, 1.807) is 11.8 Å². The molecule has 0 bridgehead atoms. The van der Waals surface area contributed by atoms with Crippen molar-refractivity contribution in [2.45, 2.75) is 51.4 Å². The Morgan fingerprint density at radius 3 is 2.82 bits per heavy atom. The largest absolute Gasteiger partial charge is 0.484 e. The number of anilines is 2. The lowest BCUT2D eigenvalue weighted by Crippen LogP contribution is -2.46. The van der Waals surface area contributed by atoms with Gasteiger partial charge in [-0.2, -0.15) is 0 Å². The number of hydrogen-bond acceptors (Lipinski definition) is 7. The van der Waals surface area contributed by atoms with Crippen LogP contribution in [0.4, 0.5) is 11.4 Å². The van der Waals surface area contributed by atoms with E-state index in [4.69, 9.17) is 15.2 Å². The summed E-state index contributed by atoms with van der Waals surface area (Å²) >= 11 is 1.58. The van der Waals surface area contributed by atoms with Gasteiger partial charge < -0.3 is 25.4 Å². The molecule has 2 aromatic carbocycles. The zero-order chi connectivity index (χ0) is 24.1. The van der Waals surface area contributed by atoms with Gasteiger partial charge in [0.15, 0.2) is 11.8 Å².